The Labute approximate surface area is 220 Å². The molecule has 12 heteroatoms. The minimum atomic E-state index is -4.90. The predicted molar refractivity (Wildman–Crippen MR) is 127 cm³/mol. The van der Waals surface area contributed by atoms with Crippen LogP contribution in [0.3, 0.4) is 0 Å². The molecule has 0 saturated carbocycles. The molecule has 0 aromatic heterocycles. The molecule has 3 heterocycles. The van der Waals surface area contributed by atoms with Gasteiger partial charge in [0.1, 0.15) is 11.2 Å². The molecular weight excluding hydrogens is 539 g/mol. The third-order valence-corrected chi connectivity index (χ3v) is 7.16. The number of hydrogen-bond acceptors (Lipinski definition) is 5. The van der Waals surface area contributed by atoms with Crippen LogP contribution in [0.25, 0.3) is 0 Å². The summed E-state index contributed by atoms with van der Waals surface area (Å²) in [7, 11) is 0. The van der Waals surface area contributed by atoms with E-state index >= 15 is 0 Å². The van der Waals surface area contributed by atoms with Crippen molar-refractivity contribution >= 4 is 35.0 Å². The van der Waals surface area contributed by atoms with Gasteiger partial charge in [0.05, 0.1) is 35.5 Å². The lowest BCUT2D eigenvalue weighted by molar-refractivity contribution is -0.275. The normalized spacial score (nSPS) is 22.4. The van der Waals surface area contributed by atoms with Gasteiger partial charge in [-0.3, -0.25) is 0 Å². The minimum absolute atomic E-state index is 0.0571. The molecule has 198 valence electrons. The highest BCUT2D eigenvalue weighted by Crippen LogP contribution is 2.51. The number of benzene rings is 2. The van der Waals surface area contributed by atoms with Gasteiger partial charge in [-0.2, -0.15) is 13.2 Å². The summed E-state index contributed by atoms with van der Waals surface area (Å²) in [4.78, 5) is 18.9. The molecule has 0 bridgehead atoms. The van der Waals surface area contributed by atoms with Crippen molar-refractivity contribution in [3.05, 3.63) is 68.4 Å². The molecule has 0 aliphatic carbocycles. The van der Waals surface area contributed by atoms with E-state index in [1.807, 2.05) is 0 Å². The molecule has 6 nitrogen and oxygen atoms in total. The molecule has 1 atom stereocenters. The van der Waals surface area contributed by atoms with E-state index in [0.29, 0.717) is 18.7 Å². The van der Waals surface area contributed by atoms with Crippen molar-refractivity contribution in [1.29, 1.82) is 0 Å². The molecule has 1 spiro atoms. The minimum Gasteiger partial charge on any atom is -0.444 e. The van der Waals surface area contributed by atoms with Gasteiger partial charge in [0.15, 0.2) is 5.82 Å². The van der Waals surface area contributed by atoms with Crippen LogP contribution < -0.4 is 0 Å². The second kappa shape index (κ2) is 8.47. The number of fused-ring (bicyclic) bond motifs is 2. The standard InChI is InChI=1S/C25H22Cl2F4N2O4/c1-22(2,3)36-21(34)33-11-23(12-33)16-5-4-13(6-14(16)10-35-23)19-9-24(37-32-19,25(29,30)31)15-7-17(26)20(28)18(27)8-15/h4-8H,9-12H2,1-3H3/t24-/m1/s1. The number of carbonyl (C=O) groups excluding carboxylic acids is 1. The zero-order valence-corrected chi connectivity index (χ0v) is 21.5. The van der Waals surface area contributed by atoms with Crippen LogP contribution in [0.5, 0.6) is 0 Å². The smallest absolute Gasteiger partial charge is 0.435 e. The van der Waals surface area contributed by atoms with Crippen LogP contribution >= 0.6 is 23.2 Å². The Morgan fingerprint density at radius 2 is 1.76 bits per heavy atom. The molecule has 0 unspecified atom stereocenters. The van der Waals surface area contributed by atoms with Crippen LogP contribution in [0, 0.1) is 5.82 Å². The molecule has 1 saturated heterocycles. The highest BCUT2D eigenvalue weighted by molar-refractivity contribution is 6.35. The largest absolute Gasteiger partial charge is 0.444 e. The van der Waals surface area contributed by atoms with Crippen molar-refractivity contribution in [1.82, 2.24) is 4.90 Å². The van der Waals surface area contributed by atoms with Crippen molar-refractivity contribution in [2.75, 3.05) is 13.1 Å². The first kappa shape index (κ1) is 26.1. The maximum Gasteiger partial charge on any atom is 0.435 e. The molecule has 3 aliphatic heterocycles. The van der Waals surface area contributed by atoms with Crippen LogP contribution in [0.15, 0.2) is 35.5 Å². The Balaban J connectivity index is 1.37. The Bertz CT molecular complexity index is 1300. The van der Waals surface area contributed by atoms with E-state index in [1.165, 1.54) is 0 Å². The first-order chi connectivity index (χ1) is 17.1. The Hall–Kier alpha value is -2.56. The number of hydrogen-bond donors (Lipinski definition) is 0. The SMILES string of the molecule is CC(C)(C)OC(=O)N1CC2(C1)OCc1cc(C3=NO[C@](c4cc(Cl)c(F)c(Cl)c4)(C(F)(F)F)C3)ccc12. The summed E-state index contributed by atoms with van der Waals surface area (Å²) in [6.07, 6.45) is -6.00. The summed E-state index contributed by atoms with van der Waals surface area (Å²) in [5.74, 6) is -1.02. The summed E-state index contributed by atoms with van der Waals surface area (Å²) >= 11 is 11.5. The van der Waals surface area contributed by atoms with Crippen LogP contribution in [0.1, 0.15) is 49.4 Å². The fourth-order valence-electron chi connectivity index (χ4n) is 4.77. The number of ether oxygens (including phenoxy) is 2. The summed E-state index contributed by atoms with van der Waals surface area (Å²) < 4.78 is 68.2. The number of oxime groups is 1. The molecular formula is C25H22Cl2F4N2O4. The molecule has 0 radical (unpaired) electrons. The number of halogens is 6. The van der Waals surface area contributed by atoms with Crippen LogP contribution in [-0.2, 0) is 32.1 Å². The zero-order valence-electron chi connectivity index (χ0n) is 20.0. The quantitative estimate of drug-likeness (QED) is 0.303. The lowest BCUT2D eigenvalue weighted by Gasteiger charge is -2.47. The maximum atomic E-state index is 14.3. The van der Waals surface area contributed by atoms with E-state index in [9.17, 15) is 22.4 Å². The molecule has 1 amide bonds. The molecule has 2 aromatic rings. The molecule has 1 fully saturated rings. The topological polar surface area (TPSA) is 60.4 Å². The average molecular weight is 561 g/mol. The van der Waals surface area contributed by atoms with Crippen LogP contribution in [0.2, 0.25) is 10.0 Å². The van der Waals surface area contributed by atoms with Gasteiger partial charge < -0.3 is 19.2 Å². The van der Waals surface area contributed by atoms with Crippen molar-refractivity contribution in [3.63, 3.8) is 0 Å². The number of likely N-dealkylation sites (tertiary alicyclic amines) is 1. The van der Waals surface area contributed by atoms with Crippen LogP contribution in [0.4, 0.5) is 22.4 Å². The fraction of sp³-hybridized carbons (Fsp3) is 0.440. The third-order valence-electron chi connectivity index (χ3n) is 6.61. The zero-order chi connectivity index (χ0) is 27.0. The summed E-state index contributed by atoms with van der Waals surface area (Å²) in [6.45, 7) is 6.19. The van der Waals surface area contributed by atoms with Gasteiger partial charge in [0.2, 0.25) is 0 Å². The van der Waals surface area contributed by atoms with E-state index in [0.717, 1.165) is 23.3 Å². The van der Waals surface area contributed by atoms with E-state index in [1.54, 1.807) is 43.9 Å². The second-order valence-electron chi connectivity index (χ2n) is 10.4. The highest BCUT2D eigenvalue weighted by Gasteiger charge is 2.62. The van der Waals surface area contributed by atoms with Crippen molar-refractivity contribution in [3.8, 4) is 0 Å². The third kappa shape index (κ3) is 4.32. The summed E-state index contributed by atoms with van der Waals surface area (Å²) in [6, 6.07) is 6.82. The fourth-order valence-corrected chi connectivity index (χ4v) is 5.25. The first-order valence-electron chi connectivity index (χ1n) is 11.4. The number of amides is 1. The van der Waals surface area contributed by atoms with Gasteiger partial charge in [-0.05, 0) is 55.7 Å². The second-order valence-corrected chi connectivity index (χ2v) is 11.2. The predicted octanol–water partition coefficient (Wildman–Crippen LogP) is 6.69. The van der Waals surface area contributed by atoms with Gasteiger partial charge in [-0.15, -0.1) is 0 Å². The van der Waals surface area contributed by atoms with Crippen molar-refractivity contribution in [2.45, 2.75) is 56.8 Å². The average Bonchev–Trinajstić information content (AvgIpc) is 3.37. The van der Waals surface area contributed by atoms with Gasteiger partial charge in [-0.1, -0.05) is 40.5 Å². The van der Waals surface area contributed by atoms with E-state index in [2.05, 4.69) is 5.16 Å². The van der Waals surface area contributed by atoms with Crippen molar-refractivity contribution < 1.29 is 36.7 Å². The van der Waals surface area contributed by atoms with Gasteiger partial charge in [0, 0.05) is 12.0 Å². The molecule has 0 N–H and O–H groups in total. The summed E-state index contributed by atoms with van der Waals surface area (Å²) in [5.41, 5.74) is -2.51. The van der Waals surface area contributed by atoms with E-state index < -0.39 is 56.9 Å². The number of carbonyl (C=O) groups is 1. The number of alkyl halides is 3. The van der Waals surface area contributed by atoms with Gasteiger partial charge in [-0.25, -0.2) is 9.18 Å². The van der Waals surface area contributed by atoms with E-state index in [4.69, 9.17) is 37.5 Å². The Morgan fingerprint density at radius 1 is 1.11 bits per heavy atom. The Morgan fingerprint density at radius 3 is 2.35 bits per heavy atom. The maximum absolute atomic E-state index is 14.3. The number of rotatable bonds is 2. The van der Waals surface area contributed by atoms with Crippen LogP contribution in [-0.4, -0.2) is 41.6 Å². The van der Waals surface area contributed by atoms with Crippen molar-refractivity contribution in [2.24, 2.45) is 5.16 Å². The lowest BCUT2D eigenvalue weighted by Crippen LogP contribution is -2.61. The summed E-state index contributed by atoms with van der Waals surface area (Å²) in [5, 5.41) is 2.65. The van der Waals surface area contributed by atoms with E-state index in [-0.39, 0.29) is 12.3 Å². The monoisotopic (exact) mass is 560 g/mol. The van der Waals surface area contributed by atoms with Gasteiger partial charge >= 0.3 is 12.3 Å². The first-order valence-corrected chi connectivity index (χ1v) is 12.1. The van der Waals surface area contributed by atoms with Gasteiger partial charge in [0.25, 0.3) is 5.60 Å². The molecule has 37 heavy (non-hydrogen) atoms. The lowest BCUT2D eigenvalue weighted by atomic mass is 9.83. The molecule has 3 aliphatic rings. The molecule has 2 aromatic carbocycles. The number of nitrogens with zero attached hydrogens (tertiary/aromatic N) is 2. The highest BCUT2D eigenvalue weighted by atomic mass is 35.5. The molecule has 5 rings (SSSR count). The Kier molecular flexibility index (Phi) is 5.97.